The third-order valence-electron chi connectivity index (χ3n) is 2.55. The molecule has 2 rings (SSSR count). The van der Waals surface area contributed by atoms with Crippen molar-refractivity contribution in [3.05, 3.63) is 35.7 Å². The molecule has 0 atom stereocenters. The summed E-state index contributed by atoms with van der Waals surface area (Å²) in [4.78, 5) is 15.4. The molecule has 0 spiro atoms. The number of aromatic nitrogens is 3. The number of benzene rings is 1. The Morgan fingerprint density at radius 1 is 1.39 bits per heavy atom. The number of carbonyl (C=O) groups excluding carboxylic acids is 1. The number of thioether (sulfide) groups is 1. The van der Waals surface area contributed by atoms with Crippen molar-refractivity contribution in [2.24, 2.45) is 5.73 Å². The highest BCUT2D eigenvalue weighted by Gasteiger charge is 2.09. The lowest BCUT2D eigenvalue weighted by Crippen LogP contribution is -2.11. The van der Waals surface area contributed by atoms with Gasteiger partial charge in [-0.3, -0.25) is 4.79 Å². The van der Waals surface area contributed by atoms with E-state index in [-0.39, 0.29) is 0 Å². The number of rotatable bonds is 4. The van der Waals surface area contributed by atoms with Crippen LogP contribution in [-0.2, 0) is 6.42 Å². The van der Waals surface area contributed by atoms with Crippen LogP contribution in [-0.4, -0.2) is 26.9 Å². The number of hydrogen-bond acceptors (Lipinski definition) is 4. The van der Waals surface area contributed by atoms with Crippen LogP contribution >= 0.6 is 11.8 Å². The Kier molecular flexibility index (Phi) is 3.66. The molecule has 1 aromatic carbocycles. The van der Waals surface area contributed by atoms with Crippen molar-refractivity contribution >= 4 is 17.7 Å². The molecule has 1 heterocycles. The standard InChI is InChI=1S/C12H14N4OS/c1-3-10-14-12(18-2)15-16(10)9-6-4-8(5-7-9)11(13)17/h4-7H,3H2,1-2H3,(H2,13,17). The highest BCUT2D eigenvalue weighted by Crippen LogP contribution is 2.16. The molecule has 0 aliphatic heterocycles. The van der Waals surface area contributed by atoms with E-state index in [1.165, 1.54) is 11.8 Å². The van der Waals surface area contributed by atoms with E-state index in [0.717, 1.165) is 23.1 Å². The molecule has 0 bridgehead atoms. The first-order chi connectivity index (χ1) is 8.65. The van der Waals surface area contributed by atoms with Crippen LogP contribution in [0.2, 0.25) is 0 Å². The van der Waals surface area contributed by atoms with Crippen LogP contribution in [0.1, 0.15) is 23.1 Å². The predicted octanol–water partition coefficient (Wildman–Crippen LogP) is 1.65. The van der Waals surface area contributed by atoms with Gasteiger partial charge in [0.1, 0.15) is 5.82 Å². The lowest BCUT2D eigenvalue weighted by atomic mass is 10.2. The highest BCUT2D eigenvalue weighted by molar-refractivity contribution is 7.98. The molecule has 0 aliphatic carbocycles. The minimum absolute atomic E-state index is 0.430. The molecule has 18 heavy (non-hydrogen) atoms. The lowest BCUT2D eigenvalue weighted by molar-refractivity contribution is 0.100. The van der Waals surface area contributed by atoms with E-state index in [1.807, 2.05) is 25.3 Å². The normalized spacial score (nSPS) is 10.6. The van der Waals surface area contributed by atoms with Gasteiger partial charge in [0.2, 0.25) is 11.1 Å². The molecule has 0 unspecified atom stereocenters. The van der Waals surface area contributed by atoms with Crippen LogP contribution in [0.5, 0.6) is 0 Å². The van der Waals surface area contributed by atoms with Gasteiger partial charge in [-0.2, -0.15) is 0 Å². The molecule has 6 heteroatoms. The van der Waals surface area contributed by atoms with E-state index in [1.54, 1.807) is 16.8 Å². The third-order valence-corrected chi connectivity index (χ3v) is 3.09. The van der Waals surface area contributed by atoms with Crippen LogP contribution < -0.4 is 5.73 Å². The first-order valence-corrected chi connectivity index (χ1v) is 6.78. The van der Waals surface area contributed by atoms with Crippen LogP contribution in [0.25, 0.3) is 5.69 Å². The van der Waals surface area contributed by atoms with Gasteiger partial charge in [0, 0.05) is 12.0 Å². The van der Waals surface area contributed by atoms with Crippen LogP contribution in [0, 0.1) is 0 Å². The Balaban J connectivity index is 2.41. The maximum Gasteiger partial charge on any atom is 0.248 e. The van der Waals surface area contributed by atoms with Gasteiger partial charge < -0.3 is 5.73 Å². The number of nitrogens with zero attached hydrogens (tertiary/aromatic N) is 3. The summed E-state index contributed by atoms with van der Waals surface area (Å²) in [6.45, 7) is 2.03. The van der Waals surface area contributed by atoms with Gasteiger partial charge in [-0.25, -0.2) is 9.67 Å². The number of amides is 1. The second-order valence-electron chi connectivity index (χ2n) is 3.69. The number of carbonyl (C=O) groups is 1. The van der Waals surface area contributed by atoms with Crippen molar-refractivity contribution in [3.63, 3.8) is 0 Å². The summed E-state index contributed by atoms with van der Waals surface area (Å²) < 4.78 is 1.79. The van der Waals surface area contributed by atoms with Crippen molar-refractivity contribution in [2.75, 3.05) is 6.26 Å². The van der Waals surface area contributed by atoms with Gasteiger partial charge in [0.15, 0.2) is 0 Å². The summed E-state index contributed by atoms with van der Waals surface area (Å²) in [5, 5.41) is 5.14. The second-order valence-corrected chi connectivity index (χ2v) is 4.46. The Morgan fingerprint density at radius 3 is 2.56 bits per heavy atom. The molecule has 5 nitrogen and oxygen atoms in total. The quantitative estimate of drug-likeness (QED) is 0.850. The summed E-state index contributed by atoms with van der Waals surface area (Å²) in [6.07, 6.45) is 2.74. The summed E-state index contributed by atoms with van der Waals surface area (Å²) in [5.41, 5.74) is 6.57. The highest BCUT2D eigenvalue weighted by atomic mass is 32.2. The monoisotopic (exact) mass is 262 g/mol. The smallest absolute Gasteiger partial charge is 0.248 e. The fourth-order valence-electron chi connectivity index (χ4n) is 1.61. The summed E-state index contributed by atoms with van der Waals surface area (Å²) >= 11 is 1.50. The summed E-state index contributed by atoms with van der Waals surface area (Å²) in [5.74, 6) is 0.465. The van der Waals surface area contributed by atoms with Gasteiger partial charge in [-0.15, -0.1) is 5.10 Å². The lowest BCUT2D eigenvalue weighted by Gasteiger charge is -2.04. The Bertz CT molecular complexity index is 562. The number of hydrogen-bond donors (Lipinski definition) is 1. The maximum atomic E-state index is 11.0. The van der Waals surface area contributed by atoms with Crippen molar-refractivity contribution in [2.45, 2.75) is 18.5 Å². The van der Waals surface area contributed by atoms with Crippen molar-refractivity contribution in [1.82, 2.24) is 14.8 Å². The average molecular weight is 262 g/mol. The van der Waals surface area contributed by atoms with E-state index >= 15 is 0 Å². The van der Waals surface area contributed by atoms with E-state index < -0.39 is 5.91 Å². The molecule has 0 fully saturated rings. The molecular weight excluding hydrogens is 248 g/mol. The molecule has 1 aromatic heterocycles. The number of aryl methyl sites for hydroxylation is 1. The number of primary amides is 1. The fourth-order valence-corrected chi connectivity index (χ4v) is 1.97. The van der Waals surface area contributed by atoms with Crippen molar-refractivity contribution in [3.8, 4) is 5.69 Å². The minimum atomic E-state index is -0.430. The first kappa shape index (κ1) is 12.6. The van der Waals surface area contributed by atoms with E-state index in [4.69, 9.17) is 5.73 Å². The van der Waals surface area contributed by atoms with Gasteiger partial charge >= 0.3 is 0 Å². The molecule has 2 aromatic rings. The zero-order chi connectivity index (χ0) is 13.1. The molecule has 0 radical (unpaired) electrons. The molecule has 0 saturated carbocycles. The minimum Gasteiger partial charge on any atom is -0.366 e. The van der Waals surface area contributed by atoms with Crippen LogP contribution in [0.3, 0.4) is 0 Å². The Hall–Kier alpha value is -1.82. The van der Waals surface area contributed by atoms with Crippen molar-refractivity contribution in [1.29, 1.82) is 0 Å². The van der Waals surface area contributed by atoms with Gasteiger partial charge in [0.05, 0.1) is 5.69 Å². The second kappa shape index (κ2) is 5.22. The molecule has 1 amide bonds. The van der Waals surface area contributed by atoms with Gasteiger partial charge in [0.25, 0.3) is 0 Å². The van der Waals surface area contributed by atoms with Crippen molar-refractivity contribution < 1.29 is 4.79 Å². The van der Waals surface area contributed by atoms with Gasteiger partial charge in [-0.05, 0) is 30.5 Å². The molecule has 2 N–H and O–H groups in total. The zero-order valence-corrected chi connectivity index (χ0v) is 11.1. The van der Waals surface area contributed by atoms with E-state index in [9.17, 15) is 4.79 Å². The fraction of sp³-hybridized carbons (Fsp3) is 0.250. The van der Waals surface area contributed by atoms with Gasteiger partial charge in [-0.1, -0.05) is 18.7 Å². The maximum absolute atomic E-state index is 11.0. The molecule has 0 aliphatic rings. The molecule has 0 saturated heterocycles. The van der Waals surface area contributed by atoms with Crippen LogP contribution in [0.4, 0.5) is 0 Å². The summed E-state index contributed by atoms with van der Waals surface area (Å²) in [6, 6.07) is 7.02. The summed E-state index contributed by atoms with van der Waals surface area (Å²) in [7, 11) is 0. The molecule has 94 valence electrons. The van der Waals surface area contributed by atoms with E-state index in [2.05, 4.69) is 10.1 Å². The topological polar surface area (TPSA) is 73.8 Å². The largest absolute Gasteiger partial charge is 0.366 e. The Morgan fingerprint density at radius 2 is 2.06 bits per heavy atom. The Labute approximate surface area is 109 Å². The zero-order valence-electron chi connectivity index (χ0n) is 10.3. The van der Waals surface area contributed by atoms with Crippen LogP contribution in [0.15, 0.2) is 29.4 Å². The molecular formula is C12H14N4OS. The first-order valence-electron chi connectivity index (χ1n) is 5.56. The third kappa shape index (κ3) is 2.38. The predicted molar refractivity (Wildman–Crippen MR) is 71.0 cm³/mol. The average Bonchev–Trinajstić information content (AvgIpc) is 2.82. The van der Waals surface area contributed by atoms with E-state index in [0.29, 0.717) is 5.56 Å². The SMILES string of the molecule is CCc1nc(SC)nn1-c1ccc(C(N)=O)cc1. The number of nitrogens with two attached hydrogens (primary N) is 1.